The van der Waals surface area contributed by atoms with Crippen molar-refractivity contribution >= 4 is 23.1 Å². The summed E-state index contributed by atoms with van der Waals surface area (Å²) in [5.41, 5.74) is 2.16. The van der Waals surface area contributed by atoms with Crippen molar-refractivity contribution in [3.8, 4) is 10.4 Å². The molecule has 0 spiro atoms. The number of likely N-dealkylation sites (tertiary alicyclic amines) is 1. The van der Waals surface area contributed by atoms with Crippen LogP contribution in [0.3, 0.4) is 0 Å². The van der Waals surface area contributed by atoms with Gasteiger partial charge in [-0.15, -0.1) is 11.3 Å². The maximum Gasteiger partial charge on any atom is 0.274 e. The molecule has 32 heavy (non-hydrogen) atoms. The van der Waals surface area contributed by atoms with E-state index < -0.39 is 5.83 Å². The molecule has 0 aliphatic carbocycles. The van der Waals surface area contributed by atoms with Crippen molar-refractivity contribution in [2.24, 2.45) is 4.99 Å². The minimum absolute atomic E-state index is 0.0123. The Morgan fingerprint density at radius 3 is 2.91 bits per heavy atom. The molecule has 0 bridgehead atoms. The Hall–Kier alpha value is -2.91. The van der Waals surface area contributed by atoms with Gasteiger partial charge in [-0.2, -0.15) is 14.5 Å². The number of amidine groups is 1. The van der Waals surface area contributed by atoms with Crippen LogP contribution in [-0.2, 0) is 0 Å². The lowest BCUT2D eigenvalue weighted by molar-refractivity contribution is -0.765. The summed E-state index contributed by atoms with van der Waals surface area (Å²) < 4.78 is 27.6. The van der Waals surface area contributed by atoms with Crippen LogP contribution in [0.5, 0.6) is 0 Å². The van der Waals surface area contributed by atoms with Crippen LogP contribution in [0.4, 0.5) is 8.87 Å². The monoisotopic (exact) mass is 456 g/mol. The normalized spacial score (nSPS) is 22.9. The quantitative estimate of drug-likeness (QED) is 0.716. The minimum Gasteiger partial charge on any atom is -0.334 e. The molecule has 166 valence electrons. The number of rotatable bonds is 4. The van der Waals surface area contributed by atoms with Gasteiger partial charge >= 0.3 is 0 Å². The first-order valence-electron chi connectivity index (χ1n) is 10.8. The Morgan fingerprint density at radius 1 is 1.28 bits per heavy atom. The molecule has 1 unspecified atom stereocenters. The maximum atomic E-state index is 14.1. The number of carbonyl (C=O) groups excluding carboxylic acids is 1. The lowest BCUT2D eigenvalue weighted by Crippen LogP contribution is -3.11. The highest BCUT2D eigenvalue weighted by Crippen LogP contribution is 2.33. The summed E-state index contributed by atoms with van der Waals surface area (Å²) >= 11 is 1.52. The third-order valence-corrected chi connectivity index (χ3v) is 7.03. The first kappa shape index (κ1) is 21.0. The molecular weight excluding hydrogens is 432 g/mol. The third-order valence-electron chi connectivity index (χ3n) is 6.01. The maximum absolute atomic E-state index is 14.1. The van der Waals surface area contributed by atoms with E-state index >= 15 is 0 Å². The van der Waals surface area contributed by atoms with Crippen molar-refractivity contribution in [3.05, 3.63) is 65.0 Å². The molecule has 6 nitrogen and oxygen atoms in total. The van der Waals surface area contributed by atoms with Crippen LogP contribution < -0.4 is 4.90 Å². The fourth-order valence-corrected chi connectivity index (χ4v) is 5.47. The summed E-state index contributed by atoms with van der Waals surface area (Å²) in [5.74, 6) is -0.527. The van der Waals surface area contributed by atoms with Gasteiger partial charge in [0.05, 0.1) is 16.1 Å². The Labute approximate surface area is 189 Å². The van der Waals surface area contributed by atoms with Crippen molar-refractivity contribution in [3.63, 3.8) is 0 Å². The summed E-state index contributed by atoms with van der Waals surface area (Å²) in [6, 6.07) is 9.80. The average Bonchev–Trinajstić information content (AvgIpc) is 3.37. The number of aryl methyl sites for hydroxylation is 1. The number of nitrogens with one attached hydrogen (secondary N) is 1. The van der Waals surface area contributed by atoms with Crippen LogP contribution in [0.2, 0.25) is 0 Å². The molecule has 1 N–H and O–H groups in total. The van der Waals surface area contributed by atoms with Gasteiger partial charge in [-0.3, -0.25) is 4.79 Å². The molecule has 9 heteroatoms. The zero-order chi connectivity index (χ0) is 22.2. The Bertz CT molecular complexity index is 1130. The average molecular weight is 457 g/mol. The van der Waals surface area contributed by atoms with Gasteiger partial charge in [-0.1, -0.05) is 34.8 Å². The Kier molecular flexibility index (Phi) is 5.60. The van der Waals surface area contributed by atoms with Crippen molar-refractivity contribution < 1.29 is 18.6 Å². The lowest BCUT2D eigenvalue weighted by Gasteiger charge is -2.35. The molecule has 4 heterocycles. The minimum atomic E-state index is -0.665. The fourth-order valence-electron chi connectivity index (χ4n) is 4.56. The van der Waals surface area contributed by atoms with Gasteiger partial charge in [0.1, 0.15) is 17.6 Å². The van der Waals surface area contributed by atoms with Gasteiger partial charge in [0.2, 0.25) is 5.83 Å². The van der Waals surface area contributed by atoms with Gasteiger partial charge in [0.15, 0.2) is 6.67 Å². The highest BCUT2D eigenvalue weighted by Gasteiger charge is 2.36. The first-order valence-corrected chi connectivity index (χ1v) is 11.6. The second-order valence-electron chi connectivity index (χ2n) is 8.29. The number of quaternary nitrogens is 1. The van der Waals surface area contributed by atoms with E-state index in [-0.39, 0.29) is 24.5 Å². The van der Waals surface area contributed by atoms with Crippen LogP contribution in [0.1, 0.15) is 41.2 Å². The van der Waals surface area contributed by atoms with E-state index in [4.69, 9.17) is 0 Å². The van der Waals surface area contributed by atoms with E-state index in [2.05, 4.69) is 9.98 Å². The largest absolute Gasteiger partial charge is 0.334 e. The lowest BCUT2D eigenvalue weighted by atomic mass is 9.97. The number of piperidine rings is 1. The number of benzene rings is 1. The van der Waals surface area contributed by atoms with E-state index in [1.165, 1.54) is 11.3 Å². The molecular formula is C23H24F2N5OS+. The number of aromatic nitrogens is 1. The predicted octanol–water partition coefficient (Wildman–Crippen LogP) is 3.61. The molecule has 0 saturated carbocycles. The van der Waals surface area contributed by atoms with E-state index in [0.29, 0.717) is 34.4 Å². The van der Waals surface area contributed by atoms with Crippen molar-refractivity contribution in [2.75, 3.05) is 13.2 Å². The fraction of sp³-hybridized carbons (Fsp3) is 0.348. The van der Waals surface area contributed by atoms with Crippen molar-refractivity contribution in [1.29, 1.82) is 0 Å². The van der Waals surface area contributed by atoms with Crippen LogP contribution >= 0.6 is 11.3 Å². The highest BCUT2D eigenvalue weighted by atomic mass is 32.1. The molecule has 5 rings (SSSR count). The number of hydrogen-bond donors (Lipinski definition) is 1. The number of amides is 1. The molecule has 1 aromatic carbocycles. The Balaban J connectivity index is 1.39. The van der Waals surface area contributed by atoms with E-state index in [9.17, 15) is 13.7 Å². The molecule has 0 radical (unpaired) electrons. The second-order valence-corrected chi connectivity index (χ2v) is 9.49. The van der Waals surface area contributed by atoms with Gasteiger partial charge in [-0.25, -0.2) is 9.88 Å². The first-order chi connectivity index (χ1) is 15.5. The molecule has 2 aromatic rings. The van der Waals surface area contributed by atoms with E-state index in [1.54, 1.807) is 6.20 Å². The number of thiazole rings is 1. The summed E-state index contributed by atoms with van der Waals surface area (Å²) in [6.45, 7) is 2.55. The zero-order valence-electron chi connectivity index (χ0n) is 17.7. The molecule has 3 aliphatic heterocycles. The van der Waals surface area contributed by atoms with E-state index in [1.807, 2.05) is 42.2 Å². The number of aliphatic imine (C=N–C) groups is 1. The van der Waals surface area contributed by atoms with Crippen LogP contribution in [0.25, 0.3) is 10.4 Å². The summed E-state index contributed by atoms with van der Waals surface area (Å²) in [7, 11) is 0. The van der Waals surface area contributed by atoms with Crippen LogP contribution in [-0.4, -0.2) is 46.0 Å². The van der Waals surface area contributed by atoms with Crippen molar-refractivity contribution in [2.45, 2.75) is 38.6 Å². The molecule has 2 atom stereocenters. The number of hydrogen-bond acceptors (Lipinski definition) is 5. The van der Waals surface area contributed by atoms with Gasteiger partial charge in [0.25, 0.3) is 11.7 Å². The standard InChI is InChI=1S/C23H23F2N5OS/c1-15-26-20(21(32-15)16-7-3-2-4-8-16)23(31)30-10-6-5-9-18(30)11-17-12-28-14-29(25)13-19(24)22(28)27-17/h2-4,7-8,12-13,18H,5-6,9-11,14H2,1H3/p+1/t18-/m0/s1. The van der Waals surface area contributed by atoms with Crippen molar-refractivity contribution in [1.82, 2.24) is 15.0 Å². The topological polar surface area (TPSA) is 53.2 Å². The molecule has 3 aliphatic rings. The highest BCUT2D eigenvalue weighted by molar-refractivity contribution is 7.15. The Morgan fingerprint density at radius 2 is 2.09 bits per heavy atom. The number of halogens is 2. The van der Waals surface area contributed by atoms with Gasteiger partial charge in [0, 0.05) is 19.0 Å². The van der Waals surface area contributed by atoms with Gasteiger partial charge in [-0.05, 0) is 31.7 Å². The van der Waals surface area contributed by atoms with E-state index in [0.717, 1.165) is 40.9 Å². The molecule has 1 fully saturated rings. The summed E-state index contributed by atoms with van der Waals surface area (Å²) in [4.78, 5) is 25.9. The zero-order valence-corrected chi connectivity index (χ0v) is 18.5. The predicted molar refractivity (Wildman–Crippen MR) is 119 cm³/mol. The smallest absolute Gasteiger partial charge is 0.274 e. The number of fused-ring (bicyclic) bond motifs is 1. The molecule has 1 amide bonds. The number of nitrogens with zero attached hydrogens (tertiary/aromatic N) is 4. The van der Waals surface area contributed by atoms with Gasteiger partial charge < -0.3 is 4.90 Å². The van der Waals surface area contributed by atoms with Crippen LogP contribution in [0, 0.1) is 6.92 Å². The third kappa shape index (κ3) is 3.98. The SMILES string of the molecule is Cc1nc(C(=O)N2CCCC[C@H]2CC2=C[NH+]3CN(F)C=C(F)C3=N2)c(-c2ccccc2)s1. The molecule has 1 aromatic heterocycles. The number of carbonyl (C=O) groups is 1. The van der Waals surface area contributed by atoms with Crippen LogP contribution in [0.15, 0.2) is 59.2 Å². The summed E-state index contributed by atoms with van der Waals surface area (Å²) in [6.07, 6.45) is 5.90. The second kappa shape index (κ2) is 8.55. The summed E-state index contributed by atoms with van der Waals surface area (Å²) in [5, 5.41) is 1.18. The molecule has 1 saturated heterocycles.